The average molecular weight is 679 g/mol. The first-order valence-corrected chi connectivity index (χ1v) is 22.2. The maximum absolute atomic E-state index is 2.68. The Morgan fingerprint density at radius 1 is 0.592 bits per heavy atom. The molecule has 0 radical (unpaired) electrons. The number of hydrogen-bond donors (Lipinski definition) is 0. The van der Waals surface area contributed by atoms with E-state index < -0.39 is 15.2 Å². The van der Waals surface area contributed by atoms with Crippen molar-refractivity contribution in [2.45, 2.75) is 64.7 Å². The van der Waals surface area contributed by atoms with E-state index in [0.717, 1.165) is 25.7 Å². The maximum atomic E-state index is 2.68. The van der Waals surface area contributed by atoms with Crippen LogP contribution in [-0.2, 0) is 25.7 Å². The molecular formula is C45H48N2P2. The molecule has 0 N–H and O–H groups in total. The summed E-state index contributed by atoms with van der Waals surface area (Å²) in [5, 5.41) is 6.16. The Morgan fingerprint density at radius 2 is 1.27 bits per heavy atom. The standard InChI is InChI=1S/C45H48N2P2/c1-28(2)48-40-22-20-30-12-10-18-36(30)44(40)47(6)45-37-19-11-13-31(37)21-23-42(45)49(7,29(3)4)43-27-35-17-9-15-33(35)25-39(43)46(5)38-24-32-14-8-16-34(32)26-41(38)48/h8-12,14,17,19-29,49H,13,15-16,18H2,1-7H3. The first kappa shape index (κ1) is 31.3. The van der Waals surface area contributed by atoms with Crippen LogP contribution >= 0.6 is 15.2 Å². The first-order valence-electron chi connectivity index (χ1n) is 18.3. The number of benzene rings is 4. The molecule has 4 aliphatic carbocycles. The van der Waals surface area contributed by atoms with Crippen LogP contribution in [0.3, 0.4) is 0 Å². The van der Waals surface area contributed by atoms with Gasteiger partial charge in [0.15, 0.2) is 0 Å². The third kappa shape index (κ3) is 4.53. The average Bonchev–Trinajstić information content (AvgIpc) is 3.91. The van der Waals surface area contributed by atoms with Crippen molar-refractivity contribution in [1.82, 2.24) is 0 Å². The summed E-state index contributed by atoms with van der Waals surface area (Å²) in [5.74, 6) is 0. The second-order valence-corrected chi connectivity index (χ2v) is 22.9. The van der Waals surface area contributed by atoms with Gasteiger partial charge in [0.05, 0.1) is 0 Å². The van der Waals surface area contributed by atoms with Crippen molar-refractivity contribution < 1.29 is 0 Å². The molecule has 5 aliphatic rings. The summed E-state index contributed by atoms with van der Waals surface area (Å²) < 4.78 is 0. The molecule has 0 amide bonds. The fourth-order valence-electron chi connectivity index (χ4n) is 9.40. The van der Waals surface area contributed by atoms with Gasteiger partial charge in [0.2, 0.25) is 0 Å². The summed E-state index contributed by atoms with van der Waals surface area (Å²) in [6.07, 6.45) is 23.0. The summed E-state index contributed by atoms with van der Waals surface area (Å²) in [5.41, 5.74) is 18.1. The fraction of sp³-hybridized carbons (Fsp3) is 0.289. The Hall–Kier alpha value is -3.70. The molecular weight excluding hydrogens is 630 g/mol. The fourth-order valence-corrected chi connectivity index (χ4v) is 16.3. The molecule has 0 fully saturated rings. The van der Waals surface area contributed by atoms with Gasteiger partial charge in [-0.05, 0) is 0 Å². The molecule has 0 bridgehead atoms. The zero-order valence-electron chi connectivity index (χ0n) is 30.1. The van der Waals surface area contributed by atoms with Crippen LogP contribution in [-0.4, -0.2) is 32.1 Å². The van der Waals surface area contributed by atoms with E-state index in [9.17, 15) is 0 Å². The number of allylic oxidation sites excluding steroid dienone is 4. The Kier molecular flexibility index (Phi) is 7.29. The van der Waals surface area contributed by atoms with E-state index in [1.165, 1.54) is 77.9 Å². The molecule has 4 aromatic carbocycles. The molecule has 1 atom stereocenters. The van der Waals surface area contributed by atoms with Crippen LogP contribution in [0.1, 0.15) is 72.2 Å². The van der Waals surface area contributed by atoms with E-state index >= 15 is 0 Å². The van der Waals surface area contributed by atoms with Crippen LogP contribution in [0.4, 0.5) is 22.7 Å². The van der Waals surface area contributed by atoms with E-state index in [1.807, 2.05) is 0 Å². The molecule has 0 aromatic heterocycles. The molecule has 248 valence electrons. The summed E-state index contributed by atoms with van der Waals surface area (Å²) >= 11 is 0. The molecule has 4 aromatic rings. The molecule has 0 saturated heterocycles. The Bertz CT molecular complexity index is 2200. The van der Waals surface area contributed by atoms with E-state index in [1.54, 1.807) is 10.6 Å². The topological polar surface area (TPSA) is 6.48 Å². The Labute approximate surface area is 295 Å². The zero-order valence-corrected chi connectivity index (χ0v) is 32.0. The van der Waals surface area contributed by atoms with Crippen molar-refractivity contribution in [2.24, 2.45) is 0 Å². The van der Waals surface area contributed by atoms with Gasteiger partial charge in [0.25, 0.3) is 0 Å². The third-order valence-corrected chi connectivity index (χ3v) is 20.5. The number of fused-ring (bicyclic) bond motifs is 10. The monoisotopic (exact) mass is 678 g/mol. The first-order chi connectivity index (χ1) is 23.7. The normalized spacial score (nSPS) is 19.6. The zero-order chi connectivity index (χ0) is 33.8. The van der Waals surface area contributed by atoms with Crippen molar-refractivity contribution in [1.29, 1.82) is 0 Å². The molecule has 2 nitrogen and oxygen atoms in total. The summed E-state index contributed by atoms with van der Waals surface area (Å²) in [4.78, 5) is 5.30. The molecule has 4 heteroatoms. The van der Waals surface area contributed by atoms with Gasteiger partial charge in [-0.3, -0.25) is 0 Å². The van der Waals surface area contributed by atoms with Crippen LogP contribution in [0.5, 0.6) is 0 Å². The van der Waals surface area contributed by atoms with Crippen LogP contribution in [0.2, 0.25) is 0 Å². The summed E-state index contributed by atoms with van der Waals surface area (Å²) in [6, 6.07) is 20.3. The van der Waals surface area contributed by atoms with Gasteiger partial charge in [-0.25, -0.2) is 0 Å². The second-order valence-electron chi connectivity index (χ2n) is 15.5. The van der Waals surface area contributed by atoms with E-state index in [-0.39, 0.29) is 0 Å². The van der Waals surface area contributed by atoms with Gasteiger partial charge in [-0.2, -0.15) is 0 Å². The van der Waals surface area contributed by atoms with Crippen LogP contribution < -0.4 is 31.0 Å². The van der Waals surface area contributed by atoms with Crippen LogP contribution in [0.15, 0.2) is 72.8 Å². The SMILES string of the molecule is CC(C)P1c2cc3c(cc2N(C)c2cc4c(cc2[PH](C)(C(C)C)c2ccc5c(c2N(C)c2c1ccc1c2CC=C1)C=CC5)C=CC4)C=CC3. The quantitative estimate of drug-likeness (QED) is 0.195. The van der Waals surface area contributed by atoms with Crippen molar-refractivity contribution >= 4 is 83.5 Å². The Morgan fingerprint density at radius 3 is 2.02 bits per heavy atom. The number of anilines is 4. The van der Waals surface area contributed by atoms with Gasteiger partial charge < -0.3 is 0 Å². The molecule has 49 heavy (non-hydrogen) atoms. The summed E-state index contributed by atoms with van der Waals surface area (Å²) in [7, 11) is 1.67. The van der Waals surface area contributed by atoms with Crippen molar-refractivity contribution in [3.05, 3.63) is 117 Å². The van der Waals surface area contributed by atoms with Gasteiger partial charge >= 0.3 is 296 Å². The van der Waals surface area contributed by atoms with Crippen LogP contribution in [0, 0.1) is 0 Å². The van der Waals surface area contributed by atoms with Crippen molar-refractivity contribution in [2.75, 3.05) is 30.6 Å². The van der Waals surface area contributed by atoms with Crippen molar-refractivity contribution in [3.63, 3.8) is 0 Å². The minimum atomic E-state index is -2.40. The second kappa shape index (κ2) is 11.4. The molecule has 1 heterocycles. The third-order valence-electron chi connectivity index (χ3n) is 12.3. The van der Waals surface area contributed by atoms with Crippen molar-refractivity contribution in [3.8, 4) is 0 Å². The van der Waals surface area contributed by atoms with Gasteiger partial charge in [-0.1, -0.05) is 0 Å². The van der Waals surface area contributed by atoms with E-state index in [2.05, 4.69) is 155 Å². The molecule has 1 unspecified atom stereocenters. The predicted octanol–water partition coefficient (Wildman–Crippen LogP) is 9.39. The van der Waals surface area contributed by atoms with E-state index in [4.69, 9.17) is 0 Å². The van der Waals surface area contributed by atoms with Gasteiger partial charge in [0, 0.05) is 0 Å². The predicted molar refractivity (Wildman–Crippen MR) is 223 cm³/mol. The van der Waals surface area contributed by atoms with Gasteiger partial charge in [0.1, 0.15) is 0 Å². The molecule has 9 rings (SSSR count). The molecule has 0 saturated carbocycles. The van der Waals surface area contributed by atoms with E-state index in [0.29, 0.717) is 11.3 Å². The summed E-state index contributed by atoms with van der Waals surface area (Å²) in [6.45, 7) is 12.6. The molecule has 1 aliphatic heterocycles. The molecule has 0 spiro atoms. The minimum absolute atomic E-state index is 0.469. The number of rotatable bonds is 2. The Balaban J connectivity index is 1.46. The number of nitrogens with zero attached hydrogens (tertiary/aromatic N) is 2. The number of hydrogen-bond acceptors (Lipinski definition) is 2. The van der Waals surface area contributed by atoms with Gasteiger partial charge in [-0.15, -0.1) is 0 Å². The van der Waals surface area contributed by atoms with Crippen LogP contribution in [0.25, 0.3) is 24.3 Å².